The summed E-state index contributed by atoms with van der Waals surface area (Å²) < 4.78 is 5.24. The quantitative estimate of drug-likeness (QED) is 0.770. The van der Waals surface area contributed by atoms with Crippen LogP contribution in [-0.2, 0) is 4.79 Å². The van der Waals surface area contributed by atoms with Gasteiger partial charge in [0.25, 0.3) is 5.89 Å². The molecule has 0 radical (unpaired) electrons. The zero-order valence-corrected chi connectivity index (χ0v) is 18.4. The Balaban J connectivity index is 1.31. The molecule has 30 heavy (non-hydrogen) atoms. The molecule has 1 aromatic heterocycles. The molecule has 0 atom stereocenters. The maximum atomic E-state index is 13.1. The standard InChI is InChI=1S/C23H33N5O2/c1-17(2)26-11-4-12-28(16-15-26)23(29)20-9-13-27(14-10-20)21-7-5-19(6-8-21)22-24-18(3)25-30-22/h5-8,17,20H,4,9-16H2,1-3H3. The van der Waals surface area contributed by atoms with Crippen LogP contribution in [0.3, 0.4) is 0 Å². The van der Waals surface area contributed by atoms with Gasteiger partial charge in [-0.1, -0.05) is 5.16 Å². The molecule has 1 amide bonds. The van der Waals surface area contributed by atoms with Crippen LogP contribution in [0.1, 0.15) is 38.9 Å². The van der Waals surface area contributed by atoms with E-state index in [1.165, 1.54) is 5.69 Å². The Labute approximate surface area is 179 Å². The summed E-state index contributed by atoms with van der Waals surface area (Å²) in [5.41, 5.74) is 2.12. The second kappa shape index (κ2) is 9.16. The normalized spacial score (nSPS) is 19.3. The summed E-state index contributed by atoms with van der Waals surface area (Å²) in [7, 11) is 0. The lowest BCUT2D eigenvalue weighted by Crippen LogP contribution is -2.44. The van der Waals surface area contributed by atoms with E-state index in [1.807, 2.05) is 19.1 Å². The number of hydrogen-bond donors (Lipinski definition) is 0. The van der Waals surface area contributed by atoms with Gasteiger partial charge in [-0.3, -0.25) is 9.69 Å². The minimum absolute atomic E-state index is 0.160. The van der Waals surface area contributed by atoms with Crippen LogP contribution in [0.15, 0.2) is 28.8 Å². The van der Waals surface area contributed by atoms with Crippen LogP contribution in [0.4, 0.5) is 5.69 Å². The number of nitrogens with zero attached hydrogens (tertiary/aromatic N) is 5. The number of carbonyl (C=O) groups is 1. The van der Waals surface area contributed by atoms with Crippen molar-refractivity contribution in [3.8, 4) is 11.5 Å². The Morgan fingerprint density at radius 2 is 1.77 bits per heavy atom. The van der Waals surface area contributed by atoms with E-state index >= 15 is 0 Å². The molecule has 0 unspecified atom stereocenters. The van der Waals surface area contributed by atoms with E-state index in [0.29, 0.717) is 23.7 Å². The fraction of sp³-hybridized carbons (Fsp3) is 0.609. The summed E-state index contributed by atoms with van der Waals surface area (Å²) in [6.07, 6.45) is 2.93. The number of amides is 1. The highest BCUT2D eigenvalue weighted by atomic mass is 16.5. The Bertz CT molecular complexity index is 840. The van der Waals surface area contributed by atoms with Crippen LogP contribution < -0.4 is 4.90 Å². The van der Waals surface area contributed by atoms with Gasteiger partial charge in [0.2, 0.25) is 5.91 Å². The van der Waals surface area contributed by atoms with E-state index in [4.69, 9.17) is 4.52 Å². The highest BCUT2D eigenvalue weighted by Crippen LogP contribution is 2.27. The van der Waals surface area contributed by atoms with E-state index in [0.717, 1.165) is 64.1 Å². The molecule has 0 bridgehead atoms. The lowest BCUT2D eigenvalue weighted by molar-refractivity contribution is -0.136. The summed E-state index contributed by atoms with van der Waals surface area (Å²) in [6.45, 7) is 12.0. The third-order valence-electron chi connectivity index (χ3n) is 6.42. The van der Waals surface area contributed by atoms with Gasteiger partial charge < -0.3 is 14.3 Å². The SMILES string of the molecule is Cc1noc(-c2ccc(N3CCC(C(=O)N4CCCN(C(C)C)CC4)CC3)cc2)n1. The molecule has 4 rings (SSSR count). The first-order chi connectivity index (χ1) is 14.5. The molecular formula is C23H33N5O2. The fourth-order valence-corrected chi connectivity index (χ4v) is 4.55. The number of carbonyl (C=O) groups excluding carboxylic acids is 1. The smallest absolute Gasteiger partial charge is 0.257 e. The number of piperidine rings is 1. The Hall–Kier alpha value is -2.41. The van der Waals surface area contributed by atoms with Crippen LogP contribution >= 0.6 is 0 Å². The lowest BCUT2D eigenvalue weighted by atomic mass is 9.94. The monoisotopic (exact) mass is 411 g/mol. The van der Waals surface area contributed by atoms with Gasteiger partial charge in [-0.2, -0.15) is 4.98 Å². The molecule has 2 fully saturated rings. The lowest BCUT2D eigenvalue weighted by Gasteiger charge is -2.35. The van der Waals surface area contributed by atoms with E-state index < -0.39 is 0 Å². The van der Waals surface area contributed by atoms with Gasteiger partial charge in [0, 0.05) is 62.5 Å². The first-order valence-corrected chi connectivity index (χ1v) is 11.2. The average Bonchev–Trinajstić information content (AvgIpc) is 3.05. The number of rotatable bonds is 4. The molecule has 2 saturated heterocycles. The predicted molar refractivity (Wildman–Crippen MR) is 117 cm³/mol. The van der Waals surface area contributed by atoms with Gasteiger partial charge >= 0.3 is 0 Å². The molecule has 7 nitrogen and oxygen atoms in total. The minimum atomic E-state index is 0.160. The van der Waals surface area contributed by atoms with Gasteiger partial charge in [-0.15, -0.1) is 0 Å². The highest BCUT2D eigenvalue weighted by Gasteiger charge is 2.30. The first-order valence-electron chi connectivity index (χ1n) is 11.2. The van der Waals surface area contributed by atoms with Crippen LogP contribution in [0, 0.1) is 12.8 Å². The first kappa shape index (κ1) is 20.8. The molecule has 7 heteroatoms. The molecule has 2 aliphatic rings. The second-order valence-corrected chi connectivity index (χ2v) is 8.76. The zero-order chi connectivity index (χ0) is 21.1. The third kappa shape index (κ3) is 4.67. The summed E-state index contributed by atoms with van der Waals surface area (Å²) in [5.74, 6) is 1.72. The van der Waals surface area contributed by atoms with Crippen LogP contribution in [0.25, 0.3) is 11.5 Å². The Morgan fingerprint density at radius 3 is 2.40 bits per heavy atom. The molecule has 3 heterocycles. The molecule has 2 aliphatic heterocycles. The summed E-state index contributed by atoms with van der Waals surface area (Å²) >= 11 is 0. The Kier molecular flexibility index (Phi) is 6.37. The maximum absolute atomic E-state index is 13.1. The van der Waals surface area contributed by atoms with E-state index in [-0.39, 0.29) is 5.92 Å². The molecule has 0 saturated carbocycles. The number of benzene rings is 1. The molecule has 1 aromatic carbocycles. The van der Waals surface area contributed by atoms with Crippen molar-refractivity contribution >= 4 is 11.6 Å². The predicted octanol–water partition coefficient (Wildman–Crippen LogP) is 3.20. The van der Waals surface area contributed by atoms with Gasteiger partial charge in [0.15, 0.2) is 5.82 Å². The van der Waals surface area contributed by atoms with Crippen LogP contribution in [0.5, 0.6) is 0 Å². The number of hydrogen-bond acceptors (Lipinski definition) is 6. The number of aromatic nitrogens is 2. The van der Waals surface area contributed by atoms with Gasteiger partial charge in [0.05, 0.1) is 0 Å². The van der Waals surface area contributed by atoms with Crippen molar-refractivity contribution in [3.05, 3.63) is 30.1 Å². The largest absolute Gasteiger partial charge is 0.371 e. The molecule has 162 valence electrons. The van der Waals surface area contributed by atoms with E-state index in [2.05, 4.69) is 50.8 Å². The molecular weight excluding hydrogens is 378 g/mol. The van der Waals surface area contributed by atoms with E-state index in [9.17, 15) is 4.79 Å². The fourth-order valence-electron chi connectivity index (χ4n) is 4.55. The van der Waals surface area contributed by atoms with Crippen LogP contribution in [0.2, 0.25) is 0 Å². The third-order valence-corrected chi connectivity index (χ3v) is 6.42. The topological polar surface area (TPSA) is 65.7 Å². The number of aryl methyl sites for hydroxylation is 1. The molecule has 2 aromatic rings. The average molecular weight is 412 g/mol. The van der Waals surface area contributed by atoms with Gasteiger partial charge in [-0.05, 0) is 64.3 Å². The van der Waals surface area contributed by atoms with Crippen molar-refractivity contribution in [2.45, 2.75) is 46.1 Å². The summed E-state index contributed by atoms with van der Waals surface area (Å²) in [4.78, 5) is 24.3. The van der Waals surface area contributed by atoms with Crippen molar-refractivity contribution in [3.63, 3.8) is 0 Å². The molecule has 0 N–H and O–H groups in total. The van der Waals surface area contributed by atoms with E-state index in [1.54, 1.807) is 0 Å². The molecule has 0 spiro atoms. The summed E-state index contributed by atoms with van der Waals surface area (Å²) in [6, 6.07) is 8.81. The van der Waals surface area contributed by atoms with Gasteiger partial charge in [-0.25, -0.2) is 0 Å². The van der Waals surface area contributed by atoms with Crippen molar-refractivity contribution in [1.82, 2.24) is 19.9 Å². The van der Waals surface area contributed by atoms with Crippen LogP contribution in [-0.4, -0.2) is 71.2 Å². The molecule has 0 aliphatic carbocycles. The van der Waals surface area contributed by atoms with Crippen molar-refractivity contribution in [1.29, 1.82) is 0 Å². The summed E-state index contributed by atoms with van der Waals surface area (Å²) in [5, 5.41) is 3.85. The maximum Gasteiger partial charge on any atom is 0.257 e. The minimum Gasteiger partial charge on any atom is -0.371 e. The van der Waals surface area contributed by atoms with Crippen molar-refractivity contribution < 1.29 is 9.32 Å². The number of anilines is 1. The van der Waals surface area contributed by atoms with Crippen molar-refractivity contribution in [2.24, 2.45) is 5.92 Å². The Morgan fingerprint density at radius 1 is 1.03 bits per heavy atom. The zero-order valence-electron chi connectivity index (χ0n) is 18.4. The second-order valence-electron chi connectivity index (χ2n) is 8.76. The van der Waals surface area contributed by atoms with Gasteiger partial charge in [0.1, 0.15) is 0 Å². The van der Waals surface area contributed by atoms with Crippen molar-refractivity contribution in [2.75, 3.05) is 44.2 Å². The highest BCUT2D eigenvalue weighted by molar-refractivity contribution is 5.79.